The van der Waals surface area contributed by atoms with Gasteiger partial charge in [0.05, 0.1) is 19.2 Å². The van der Waals surface area contributed by atoms with Crippen molar-refractivity contribution >= 4 is 5.96 Å². The summed E-state index contributed by atoms with van der Waals surface area (Å²) >= 11 is 0. The van der Waals surface area contributed by atoms with Gasteiger partial charge in [-0.2, -0.15) is 0 Å². The molecule has 2 fully saturated rings. The number of guanidine groups is 1. The summed E-state index contributed by atoms with van der Waals surface area (Å²) in [6.45, 7) is 8.75. The van der Waals surface area contributed by atoms with Crippen molar-refractivity contribution in [2.24, 2.45) is 4.99 Å². The lowest BCUT2D eigenvalue weighted by atomic mass is 9.89. The number of benzene rings is 1. The molecule has 2 atom stereocenters. The monoisotopic (exact) mass is 406 g/mol. The Morgan fingerprint density at radius 3 is 2.55 bits per heavy atom. The maximum absolute atomic E-state index is 13.3. The molecule has 3 rings (SSSR count). The van der Waals surface area contributed by atoms with Gasteiger partial charge in [0.25, 0.3) is 0 Å². The third kappa shape index (κ3) is 5.47. The standard InChI is InChI=1S/C22H35FN4O2/c1-5-24-21(25-16-22(26(3)4)10-12-28-13-11-22)27-14-17(2)29-20(15-27)18-6-8-19(23)9-7-18/h6-9,17,20H,5,10-16H2,1-4H3,(H,24,25). The van der Waals surface area contributed by atoms with Crippen LogP contribution in [0.5, 0.6) is 0 Å². The van der Waals surface area contributed by atoms with E-state index in [0.717, 1.165) is 57.2 Å². The first-order valence-corrected chi connectivity index (χ1v) is 10.6. The van der Waals surface area contributed by atoms with E-state index in [0.29, 0.717) is 6.54 Å². The van der Waals surface area contributed by atoms with Crippen LogP contribution >= 0.6 is 0 Å². The molecule has 0 amide bonds. The molecule has 162 valence electrons. The average Bonchev–Trinajstić information content (AvgIpc) is 2.71. The van der Waals surface area contributed by atoms with Gasteiger partial charge in [-0.25, -0.2) is 4.39 Å². The molecule has 0 saturated carbocycles. The molecular formula is C22H35FN4O2. The molecule has 1 aromatic carbocycles. The lowest BCUT2D eigenvalue weighted by Gasteiger charge is -2.43. The number of nitrogens with zero attached hydrogens (tertiary/aromatic N) is 3. The van der Waals surface area contributed by atoms with Crippen LogP contribution in [-0.4, -0.2) is 80.9 Å². The Morgan fingerprint density at radius 2 is 1.93 bits per heavy atom. The summed E-state index contributed by atoms with van der Waals surface area (Å²) in [6, 6.07) is 6.61. The van der Waals surface area contributed by atoms with Crippen LogP contribution in [0.15, 0.2) is 29.3 Å². The Morgan fingerprint density at radius 1 is 1.24 bits per heavy atom. The number of aliphatic imine (C=N–C) groups is 1. The molecule has 0 spiro atoms. The summed E-state index contributed by atoms with van der Waals surface area (Å²) in [7, 11) is 4.27. The second-order valence-electron chi connectivity index (χ2n) is 8.29. The van der Waals surface area contributed by atoms with Gasteiger partial charge in [0.2, 0.25) is 0 Å². The predicted octanol–water partition coefficient (Wildman–Crippen LogP) is 2.66. The van der Waals surface area contributed by atoms with Crippen LogP contribution < -0.4 is 5.32 Å². The van der Waals surface area contributed by atoms with E-state index in [2.05, 4.69) is 43.1 Å². The van der Waals surface area contributed by atoms with Gasteiger partial charge in [-0.1, -0.05) is 12.1 Å². The second-order valence-corrected chi connectivity index (χ2v) is 8.29. The quantitative estimate of drug-likeness (QED) is 0.602. The van der Waals surface area contributed by atoms with Gasteiger partial charge >= 0.3 is 0 Å². The van der Waals surface area contributed by atoms with Crippen LogP contribution in [0.4, 0.5) is 4.39 Å². The fraction of sp³-hybridized carbons (Fsp3) is 0.682. The number of ether oxygens (including phenoxy) is 2. The number of hydrogen-bond donors (Lipinski definition) is 1. The molecule has 2 aliphatic rings. The Kier molecular flexibility index (Phi) is 7.49. The Labute approximate surface area is 174 Å². The highest BCUT2D eigenvalue weighted by molar-refractivity contribution is 5.80. The normalized spacial score (nSPS) is 25.3. The van der Waals surface area contributed by atoms with Crippen molar-refractivity contribution in [2.45, 2.75) is 44.4 Å². The van der Waals surface area contributed by atoms with Crippen molar-refractivity contribution < 1.29 is 13.9 Å². The van der Waals surface area contributed by atoms with Gasteiger partial charge in [-0.3, -0.25) is 4.99 Å². The Hall–Kier alpha value is -1.70. The maximum atomic E-state index is 13.3. The van der Waals surface area contributed by atoms with E-state index >= 15 is 0 Å². The fourth-order valence-corrected chi connectivity index (χ4v) is 4.13. The highest BCUT2D eigenvalue weighted by Gasteiger charge is 2.35. The minimum absolute atomic E-state index is 0.0349. The van der Waals surface area contributed by atoms with E-state index in [1.54, 1.807) is 0 Å². The molecule has 1 aromatic rings. The second kappa shape index (κ2) is 9.87. The third-order valence-electron chi connectivity index (χ3n) is 6.03. The van der Waals surface area contributed by atoms with E-state index in [4.69, 9.17) is 14.5 Å². The molecule has 0 radical (unpaired) electrons. The van der Waals surface area contributed by atoms with Crippen molar-refractivity contribution in [1.29, 1.82) is 0 Å². The lowest BCUT2D eigenvalue weighted by Crippen LogP contribution is -2.53. The van der Waals surface area contributed by atoms with Crippen molar-refractivity contribution in [1.82, 2.24) is 15.1 Å². The first kappa shape index (κ1) is 22.0. The van der Waals surface area contributed by atoms with Crippen LogP contribution in [0.3, 0.4) is 0 Å². The highest BCUT2D eigenvalue weighted by Crippen LogP contribution is 2.28. The van der Waals surface area contributed by atoms with Crippen LogP contribution in [0.2, 0.25) is 0 Å². The van der Waals surface area contributed by atoms with E-state index in [-0.39, 0.29) is 23.6 Å². The maximum Gasteiger partial charge on any atom is 0.194 e. The van der Waals surface area contributed by atoms with Crippen LogP contribution in [0.1, 0.15) is 38.4 Å². The largest absolute Gasteiger partial charge is 0.381 e. The van der Waals surface area contributed by atoms with E-state index < -0.39 is 0 Å². The molecule has 29 heavy (non-hydrogen) atoms. The number of halogens is 1. The summed E-state index contributed by atoms with van der Waals surface area (Å²) in [5.74, 6) is 0.692. The van der Waals surface area contributed by atoms with Gasteiger partial charge in [-0.05, 0) is 58.5 Å². The molecule has 2 heterocycles. The minimum atomic E-state index is -0.227. The van der Waals surface area contributed by atoms with Crippen LogP contribution in [0.25, 0.3) is 0 Å². The minimum Gasteiger partial charge on any atom is -0.381 e. The highest BCUT2D eigenvalue weighted by atomic mass is 19.1. The van der Waals surface area contributed by atoms with Gasteiger partial charge in [-0.15, -0.1) is 0 Å². The van der Waals surface area contributed by atoms with Crippen molar-refractivity contribution in [3.8, 4) is 0 Å². The van der Waals surface area contributed by atoms with Crippen molar-refractivity contribution in [3.63, 3.8) is 0 Å². The van der Waals surface area contributed by atoms with Gasteiger partial charge < -0.3 is 24.6 Å². The fourth-order valence-electron chi connectivity index (χ4n) is 4.13. The third-order valence-corrected chi connectivity index (χ3v) is 6.03. The SMILES string of the molecule is CCNC(=NCC1(N(C)C)CCOCC1)N1CC(C)OC(c2ccc(F)cc2)C1. The number of nitrogens with one attached hydrogen (secondary N) is 1. The Bertz CT molecular complexity index is 674. The van der Waals surface area contributed by atoms with Crippen LogP contribution in [0, 0.1) is 5.82 Å². The van der Waals surface area contributed by atoms with E-state index in [1.165, 1.54) is 12.1 Å². The summed E-state index contributed by atoms with van der Waals surface area (Å²) in [5.41, 5.74) is 1.03. The zero-order valence-corrected chi connectivity index (χ0v) is 18.2. The van der Waals surface area contributed by atoms with Gasteiger partial charge in [0.15, 0.2) is 5.96 Å². The van der Waals surface area contributed by atoms with Gasteiger partial charge in [0.1, 0.15) is 11.9 Å². The molecule has 0 bridgehead atoms. The Balaban J connectivity index is 1.77. The molecule has 0 aliphatic carbocycles. The first-order chi connectivity index (χ1) is 13.9. The summed E-state index contributed by atoms with van der Waals surface area (Å²) in [4.78, 5) is 9.62. The summed E-state index contributed by atoms with van der Waals surface area (Å²) < 4.78 is 25.1. The molecule has 2 aliphatic heterocycles. The van der Waals surface area contributed by atoms with Gasteiger partial charge in [0, 0.05) is 31.8 Å². The molecule has 0 aromatic heterocycles. The molecule has 2 saturated heterocycles. The number of likely N-dealkylation sites (N-methyl/N-ethyl adjacent to an activating group) is 1. The topological polar surface area (TPSA) is 49.3 Å². The summed E-state index contributed by atoms with van der Waals surface area (Å²) in [6.07, 6.45) is 1.93. The summed E-state index contributed by atoms with van der Waals surface area (Å²) in [5, 5.41) is 3.46. The molecule has 2 unspecified atom stereocenters. The van der Waals surface area contributed by atoms with E-state index in [9.17, 15) is 4.39 Å². The lowest BCUT2D eigenvalue weighted by molar-refractivity contribution is -0.0606. The molecular weight excluding hydrogens is 371 g/mol. The van der Waals surface area contributed by atoms with Crippen LogP contribution in [-0.2, 0) is 9.47 Å². The first-order valence-electron chi connectivity index (χ1n) is 10.6. The molecule has 7 heteroatoms. The average molecular weight is 407 g/mol. The van der Waals surface area contributed by atoms with Crippen molar-refractivity contribution in [2.75, 3.05) is 53.5 Å². The number of morpholine rings is 1. The predicted molar refractivity (Wildman–Crippen MR) is 114 cm³/mol. The zero-order valence-electron chi connectivity index (χ0n) is 18.2. The zero-order chi connectivity index (χ0) is 20.9. The number of hydrogen-bond acceptors (Lipinski definition) is 4. The molecule has 6 nitrogen and oxygen atoms in total. The van der Waals surface area contributed by atoms with Crippen molar-refractivity contribution in [3.05, 3.63) is 35.6 Å². The van der Waals surface area contributed by atoms with E-state index in [1.807, 2.05) is 12.1 Å². The number of rotatable bonds is 5. The molecule has 1 N–H and O–H groups in total. The smallest absolute Gasteiger partial charge is 0.194 e.